The maximum absolute atomic E-state index is 13.6. The molecule has 0 spiro atoms. The van der Waals surface area contributed by atoms with Crippen LogP contribution in [0.2, 0.25) is 0 Å². The topological polar surface area (TPSA) is 94.8 Å². The number of aliphatic hydroxyl groups excluding tert-OH is 2. The van der Waals surface area contributed by atoms with E-state index < -0.39 is 30.5 Å². The van der Waals surface area contributed by atoms with E-state index in [2.05, 4.69) is 15.0 Å². The molecule has 0 bridgehead atoms. The zero-order chi connectivity index (χ0) is 19.8. The predicted molar refractivity (Wildman–Crippen MR) is 87.9 cm³/mol. The molecule has 146 valence electrons. The lowest BCUT2D eigenvalue weighted by Gasteiger charge is -2.26. The second-order valence-corrected chi connectivity index (χ2v) is 5.89. The number of likely N-dealkylation sites (N-methyl/N-ethyl adjacent to an activating group) is 1. The quantitative estimate of drug-likeness (QED) is 0.813. The van der Waals surface area contributed by atoms with Crippen LogP contribution >= 0.6 is 0 Å². The van der Waals surface area contributed by atoms with Crippen molar-refractivity contribution in [3.8, 4) is 11.1 Å². The molecule has 3 atom stereocenters. The molecule has 1 aliphatic heterocycles. The first-order valence-electron chi connectivity index (χ1n) is 8.06. The summed E-state index contributed by atoms with van der Waals surface area (Å²) < 4.78 is 46.2. The van der Waals surface area contributed by atoms with E-state index in [1.54, 1.807) is 6.92 Å². The second kappa shape index (κ2) is 7.35. The average molecular weight is 385 g/mol. The van der Waals surface area contributed by atoms with E-state index in [1.165, 1.54) is 30.7 Å². The van der Waals surface area contributed by atoms with Crippen molar-refractivity contribution in [2.24, 2.45) is 0 Å². The van der Waals surface area contributed by atoms with Gasteiger partial charge in [0.2, 0.25) is 0 Å². The molecular weight excluding hydrogens is 367 g/mol. The van der Waals surface area contributed by atoms with Gasteiger partial charge in [0.25, 0.3) is 0 Å². The van der Waals surface area contributed by atoms with E-state index in [-0.39, 0.29) is 23.6 Å². The molecule has 1 fully saturated rings. The van der Waals surface area contributed by atoms with Gasteiger partial charge in [-0.05, 0) is 20.0 Å². The summed E-state index contributed by atoms with van der Waals surface area (Å²) in [6, 6.07) is 0.775. The highest BCUT2D eigenvalue weighted by atomic mass is 19.4. The van der Waals surface area contributed by atoms with Gasteiger partial charge in [-0.2, -0.15) is 13.2 Å². The molecule has 27 heavy (non-hydrogen) atoms. The summed E-state index contributed by atoms with van der Waals surface area (Å²) in [5, 5.41) is 20.7. The largest absolute Gasteiger partial charge is 0.417 e. The summed E-state index contributed by atoms with van der Waals surface area (Å²) in [4.78, 5) is 13.7. The molecule has 0 radical (unpaired) electrons. The van der Waals surface area contributed by atoms with Crippen molar-refractivity contribution in [3.05, 3.63) is 36.5 Å². The Balaban J connectivity index is 2.05. The van der Waals surface area contributed by atoms with Crippen LogP contribution in [0.3, 0.4) is 0 Å². The molecule has 0 amide bonds. The SMILES string of the molecule is CCOC1C(O)N(c2cc(C(F)(F)F)c(-c3cncnc3)cn2)C(O)N1C. The van der Waals surface area contributed by atoms with Crippen molar-refractivity contribution >= 4 is 5.82 Å². The summed E-state index contributed by atoms with van der Waals surface area (Å²) in [6.07, 6.45) is -3.69. The van der Waals surface area contributed by atoms with Crippen molar-refractivity contribution in [2.75, 3.05) is 18.6 Å². The highest BCUT2D eigenvalue weighted by molar-refractivity contribution is 5.68. The third kappa shape index (κ3) is 3.58. The molecule has 2 aromatic rings. The fourth-order valence-corrected chi connectivity index (χ4v) is 2.93. The van der Waals surface area contributed by atoms with Crippen LogP contribution in [0, 0.1) is 0 Å². The van der Waals surface area contributed by atoms with E-state index in [4.69, 9.17) is 4.74 Å². The van der Waals surface area contributed by atoms with Crippen molar-refractivity contribution in [3.63, 3.8) is 0 Å². The molecule has 11 heteroatoms. The smallest absolute Gasteiger partial charge is 0.369 e. The Kier molecular flexibility index (Phi) is 5.29. The second-order valence-electron chi connectivity index (χ2n) is 5.89. The molecule has 0 aromatic carbocycles. The first-order chi connectivity index (χ1) is 12.8. The van der Waals surface area contributed by atoms with E-state index in [9.17, 15) is 23.4 Å². The fourth-order valence-electron chi connectivity index (χ4n) is 2.93. The molecule has 8 nitrogen and oxygen atoms in total. The lowest BCUT2D eigenvalue weighted by Crippen LogP contribution is -2.40. The van der Waals surface area contributed by atoms with Gasteiger partial charge < -0.3 is 14.9 Å². The average Bonchev–Trinajstić information content (AvgIpc) is 2.85. The molecule has 2 N–H and O–H groups in total. The van der Waals surface area contributed by atoms with Gasteiger partial charge in [-0.25, -0.2) is 19.9 Å². The number of alkyl halides is 3. The van der Waals surface area contributed by atoms with Gasteiger partial charge in [0.1, 0.15) is 12.1 Å². The monoisotopic (exact) mass is 385 g/mol. The van der Waals surface area contributed by atoms with E-state index in [1.807, 2.05) is 0 Å². The number of pyridine rings is 1. The zero-order valence-electron chi connectivity index (χ0n) is 14.5. The Labute approximate surface area is 152 Å². The molecular formula is C16H18F3N5O3. The summed E-state index contributed by atoms with van der Waals surface area (Å²) in [5.74, 6) is -0.239. The van der Waals surface area contributed by atoms with Gasteiger partial charge in [0, 0.05) is 36.3 Å². The Hall–Kier alpha value is -2.34. The van der Waals surface area contributed by atoms with Crippen LogP contribution in [0.1, 0.15) is 12.5 Å². The molecule has 3 rings (SSSR count). The predicted octanol–water partition coefficient (Wildman–Crippen LogP) is 1.27. The Morgan fingerprint density at radius 1 is 1.19 bits per heavy atom. The Morgan fingerprint density at radius 2 is 1.85 bits per heavy atom. The third-order valence-electron chi connectivity index (χ3n) is 4.22. The first-order valence-corrected chi connectivity index (χ1v) is 8.06. The number of nitrogens with zero attached hydrogens (tertiary/aromatic N) is 5. The van der Waals surface area contributed by atoms with Gasteiger partial charge in [-0.1, -0.05) is 0 Å². The van der Waals surface area contributed by atoms with Gasteiger partial charge in [-0.15, -0.1) is 0 Å². The highest BCUT2D eigenvalue weighted by Gasteiger charge is 2.46. The Bertz CT molecular complexity index is 793. The van der Waals surface area contributed by atoms with E-state index in [0.29, 0.717) is 0 Å². The van der Waals surface area contributed by atoms with Crippen LogP contribution in [-0.2, 0) is 10.9 Å². The van der Waals surface area contributed by atoms with Crippen LogP contribution in [0.25, 0.3) is 11.1 Å². The number of ether oxygens (including phenoxy) is 1. The van der Waals surface area contributed by atoms with Crippen molar-refractivity contribution in [2.45, 2.75) is 31.9 Å². The van der Waals surface area contributed by atoms with Gasteiger partial charge in [0.05, 0.1) is 5.56 Å². The molecule has 1 aliphatic rings. The molecule has 3 heterocycles. The minimum atomic E-state index is -4.69. The summed E-state index contributed by atoms with van der Waals surface area (Å²) in [7, 11) is 1.48. The van der Waals surface area contributed by atoms with Crippen LogP contribution in [-0.4, -0.2) is 62.5 Å². The summed E-state index contributed by atoms with van der Waals surface area (Å²) in [6.45, 7) is 1.95. The van der Waals surface area contributed by atoms with Gasteiger partial charge in [0.15, 0.2) is 18.8 Å². The number of hydrogen-bond acceptors (Lipinski definition) is 8. The third-order valence-corrected chi connectivity index (χ3v) is 4.22. The molecule has 2 aromatic heterocycles. The van der Waals surface area contributed by atoms with Crippen LogP contribution < -0.4 is 4.90 Å². The maximum atomic E-state index is 13.6. The number of aromatic nitrogens is 3. The Morgan fingerprint density at radius 3 is 2.44 bits per heavy atom. The maximum Gasteiger partial charge on any atom is 0.417 e. The van der Waals surface area contributed by atoms with Crippen molar-refractivity contribution in [1.29, 1.82) is 0 Å². The van der Waals surface area contributed by atoms with Crippen LogP contribution in [0.15, 0.2) is 31.0 Å². The van der Waals surface area contributed by atoms with Crippen molar-refractivity contribution in [1.82, 2.24) is 19.9 Å². The molecule has 3 unspecified atom stereocenters. The molecule has 0 aliphatic carbocycles. The number of aliphatic hydroxyl groups is 2. The first kappa shape index (κ1) is 19.4. The van der Waals surface area contributed by atoms with E-state index in [0.717, 1.165) is 17.2 Å². The lowest BCUT2D eigenvalue weighted by molar-refractivity contribution is -0.137. The molecule has 0 saturated carbocycles. The van der Waals surface area contributed by atoms with E-state index >= 15 is 0 Å². The van der Waals surface area contributed by atoms with Gasteiger partial charge in [-0.3, -0.25) is 4.90 Å². The summed E-state index contributed by atoms with van der Waals surface area (Å²) in [5.41, 5.74) is -1.04. The zero-order valence-corrected chi connectivity index (χ0v) is 14.5. The summed E-state index contributed by atoms with van der Waals surface area (Å²) >= 11 is 0. The number of halogens is 3. The standard InChI is InChI=1S/C16H18F3N5O3/c1-3-27-14-13(25)24(15(26)23(14)2)12-4-11(16(17,18)19)10(7-22-12)9-5-20-8-21-6-9/h4-8,13-15,25-26H,3H2,1-2H3. The van der Waals surface area contributed by atoms with Crippen LogP contribution in [0.4, 0.5) is 19.0 Å². The fraction of sp³-hybridized carbons (Fsp3) is 0.438. The minimum absolute atomic E-state index is 0.149. The lowest BCUT2D eigenvalue weighted by atomic mass is 10.0. The minimum Gasteiger partial charge on any atom is -0.369 e. The number of rotatable bonds is 4. The number of hydrogen-bond donors (Lipinski definition) is 2. The van der Waals surface area contributed by atoms with Crippen molar-refractivity contribution < 1.29 is 28.1 Å². The normalized spacial score (nSPS) is 23.8. The highest BCUT2D eigenvalue weighted by Crippen LogP contribution is 2.39. The molecule has 1 saturated heterocycles. The van der Waals surface area contributed by atoms with Crippen LogP contribution in [0.5, 0.6) is 0 Å². The van der Waals surface area contributed by atoms with Gasteiger partial charge >= 0.3 is 6.18 Å². The number of anilines is 1.